The number of hydrogen-bond donors (Lipinski definition) is 1. The van der Waals surface area contributed by atoms with E-state index in [-0.39, 0.29) is 5.62 Å². The predicted octanol–water partition coefficient (Wildman–Crippen LogP) is -2.10. The fourth-order valence-corrected chi connectivity index (χ4v) is 0.938. The van der Waals surface area contributed by atoms with Crippen molar-refractivity contribution in [2.45, 2.75) is 0 Å². The number of rotatable bonds is 0. The molecule has 0 aliphatic rings. The molecule has 1 heterocycles. The average molecular weight is 170 g/mol. The van der Waals surface area contributed by atoms with Crippen molar-refractivity contribution >= 4 is 0 Å². The molecule has 0 radical (unpaired) electrons. The number of aromatic nitrogens is 3. The molecule has 6 nitrogen and oxygen atoms in total. The Morgan fingerprint density at radius 2 is 1.25 bits per heavy atom. The van der Waals surface area contributed by atoms with Crippen LogP contribution in [0.5, 0.6) is 0 Å². The summed E-state index contributed by atoms with van der Waals surface area (Å²) in [6.07, 6.45) is 0. The Hall–Kier alpha value is -1.59. The summed E-state index contributed by atoms with van der Waals surface area (Å²) in [5, 5.41) is 7.34. The van der Waals surface area contributed by atoms with Crippen LogP contribution in [0.3, 0.4) is 0 Å². The fourth-order valence-electron chi connectivity index (χ4n) is 0.938. The molecule has 0 amide bonds. The van der Waals surface area contributed by atoms with E-state index in [1.54, 1.807) is 0 Å². The van der Waals surface area contributed by atoms with Crippen molar-refractivity contribution in [2.24, 2.45) is 21.1 Å². The van der Waals surface area contributed by atoms with Crippen LogP contribution in [0.2, 0.25) is 0 Å². The summed E-state index contributed by atoms with van der Waals surface area (Å²) in [4.78, 5) is 22.3. The molecule has 0 spiro atoms. The van der Waals surface area contributed by atoms with Gasteiger partial charge in [0.15, 0.2) is 0 Å². The van der Waals surface area contributed by atoms with E-state index in [1.807, 2.05) is 0 Å². The second-order valence-corrected chi connectivity index (χ2v) is 2.57. The van der Waals surface area contributed by atoms with Gasteiger partial charge < -0.3 is 0 Å². The molecule has 0 saturated carbocycles. The first-order valence-electron chi connectivity index (χ1n) is 3.34. The van der Waals surface area contributed by atoms with Gasteiger partial charge >= 0.3 is 11.4 Å². The van der Waals surface area contributed by atoms with Gasteiger partial charge in [-0.05, 0) is 0 Å². The minimum absolute atomic E-state index is 0.108. The van der Waals surface area contributed by atoms with Crippen LogP contribution in [0.15, 0.2) is 9.59 Å². The highest BCUT2D eigenvalue weighted by atomic mass is 16.2. The Morgan fingerprint density at radius 3 is 1.58 bits per heavy atom. The topological polar surface area (TPSA) is 72.8 Å². The van der Waals surface area contributed by atoms with Gasteiger partial charge in [-0.3, -0.25) is 14.5 Å². The lowest BCUT2D eigenvalue weighted by Gasteiger charge is -2.04. The molecule has 1 aromatic rings. The molecule has 0 fully saturated rings. The Labute approximate surface area is 67.8 Å². The van der Waals surface area contributed by atoms with Gasteiger partial charge in [0.1, 0.15) is 0 Å². The van der Waals surface area contributed by atoms with Gasteiger partial charge in [-0.15, -0.1) is 0 Å². The largest absolute Gasteiger partial charge is 0.334 e. The fraction of sp³-hybridized carbons (Fsp3) is 0.500. The van der Waals surface area contributed by atoms with E-state index in [4.69, 9.17) is 5.41 Å². The van der Waals surface area contributed by atoms with E-state index in [2.05, 4.69) is 0 Å². The quantitative estimate of drug-likeness (QED) is 0.484. The van der Waals surface area contributed by atoms with Crippen molar-refractivity contribution in [1.29, 1.82) is 5.41 Å². The molecule has 1 rings (SSSR count). The second kappa shape index (κ2) is 2.47. The van der Waals surface area contributed by atoms with Crippen LogP contribution in [0.1, 0.15) is 0 Å². The molecule has 66 valence electrons. The third-order valence-electron chi connectivity index (χ3n) is 1.78. The van der Waals surface area contributed by atoms with E-state index in [1.165, 1.54) is 21.1 Å². The minimum Gasteiger partial charge on any atom is -0.268 e. The normalized spacial score (nSPS) is 10.2. The SMILES string of the molecule is Cn1c(=N)n(C)c(=O)n(C)c1=O. The van der Waals surface area contributed by atoms with Gasteiger partial charge in [-0.2, -0.15) is 0 Å². The molecule has 1 N–H and O–H groups in total. The van der Waals surface area contributed by atoms with E-state index in [9.17, 15) is 9.59 Å². The molecule has 0 aliphatic carbocycles. The van der Waals surface area contributed by atoms with Crippen LogP contribution in [-0.4, -0.2) is 13.7 Å². The lowest BCUT2D eigenvalue weighted by Crippen LogP contribution is -2.51. The number of nitrogens with zero attached hydrogens (tertiary/aromatic N) is 3. The third kappa shape index (κ3) is 0.919. The zero-order valence-electron chi connectivity index (χ0n) is 7.16. The van der Waals surface area contributed by atoms with E-state index < -0.39 is 11.4 Å². The molecular formula is C6H10N4O2. The summed E-state index contributed by atoms with van der Waals surface area (Å²) in [5.74, 6) is 0. The van der Waals surface area contributed by atoms with E-state index in [0.717, 1.165) is 13.7 Å². The van der Waals surface area contributed by atoms with Crippen molar-refractivity contribution in [2.75, 3.05) is 0 Å². The van der Waals surface area contributed by atoms with Gasteiger partial charge in [0.05, 0.1) is 0 Å². The molecule has 0 saturated heterocycles. The predicted molar refractivity (Wildman–Crippen MR) is 41.7 cm³/mol. The first-order chi connectivity index (χ1) is 5.46. The number of nitrogens with one attached hydrogen (secondary N) is 1. The highest BCUT2D eigenvalue weighted by molar-refractivity contribution is 4.71. The van der Waals surface area contributed by atoms with Gasteiger partial charge in [-0.25, -0.2) is 14.2 Å². The first-order valence-corrected chi connectivity index (χ1v) is 3.34. The van der Waals surface area contributed by atoms with Crippen molar-refractivity contribution in [3.8, 4) is 0 Å². The minimum atomic E-state index is -0.483. The Morgan fingerprint density at radius 1 is 0.917 bits per heavy atom. The van der Waals surface area contributed by atoms with Crippen LogP contribution in [0.4, 0.5) is 0 Å². The maximum absolute atomic E-state index is 11.2. The summed E-state index contributed by atoms with van der Waals surface area (Å²) < 4.78 is 3.15. The zero-order chi connectivity index (χ0) is 9.46. The maximum Gasteiger partial charge on any atom is 0.334 e. The first kappa shape index (κ1) is 8.51. The third-order valence-corrected chi connectivity index (χ3v) is 1.78. The Bertz CT molecular complexity index is 374. The molecule has 6 heteroatoms. The molecule has 0 bridgehead atoms. The summed E-state index contributed by atoms with van der Waals surface area (Å²) >= 11 is 0. The van der Waals surface area contributed by atoms with Crippen LogP contribution < -0.4 is 17.0 Å². The molecule has 0 aliphatic heterocycles. The second-order valence-electron chi connectivity index (χ2n) is 2.57. The van der Waals surface area contributed by atoms with Crippen molar-refractivity contribution in [3.63, 3.8) is 0 Å². The summed E-state index contributed by atoms with van der Waals surface area (Å²) in [5.41, 5.74) is -1.07. The molecule has 12 heavy (non-hydrogen) atoms. The zero-order valence-corrected chi connectivity index (χ0v) is 7.16. The standard InChI is InChI=1S/C6H10N4O2/c1-8-4(7)9(2)6(12)10(3)5(8)11/h7H,1-3H3. The lowest BCUT2D eigenvalue weighted by molar-refractivity contribution is 0.531. The Kier molecular flexibility index (Phi) is 1.75. The van der Waals surface area contributed by atoms with Crippen LogP contribution in [0, 0.1) is 5.41 Å². The smallest absolute Gasteiger partial charge is 0.268 e. The van der Waals surface area contributed by atoms with Crippen molar-refractivity contribution < 1.29 is 0 Å². The Balaban J connectivity index is 4.00. The molecule has 0 atom stereocenters. The summed E-state index contributed by atoms with van der Waals surface area (Å²) in [6, 6.07) is 0. The molecule has 1 aromatic heterocycles. The van der Waals surface area contributed by atoms with E-state index >= 15 is 0 Å². The summed E-state index contributed by atoms with van der Waals surface area (Å²) in [7, 11) is 4.28. The monoisotopic (exact) mass is 170 g/mol. The number of hydrogen-bond acceptors (Lipinski definition) is 3. The van der Waals surface area contributed by atoms with Crippen LogP contribution >= 0.6 is 0 Å². The van der Waals surface area contributed by atoms with Gasteiger partial charge in [0.2, 0.25) is 5.62 Å². The van der Waals surface area contributed by atoms with Crippen molar-refractivity contribution in [3.05, 3.63) is 26.6 Å². The average Bonchev–Trinajstić information content (AvgIpc) is 2.08. The molecular weight excluding hydrogens is 160 g/mol. The van der Waals surface area contributed by atoms with Gasteiger partial charge in [0.25, 0.3) is 0 Å². The van der Waals surface area contributed by atoms with E-state index in [0.29, 0.717) is 0 Å². The lowest BCUT2D eigenvalue weighted by atomic mass is 10.8. The van der Waals surface area contributed by atoms with Gasteiger partial charge in [0, 0.05) is 21.1 Å². The van der Waals surface area contributed by atoms with Crippen LogP contribution in [-0.2, 0) is 21.1 Å². The maximum atomic E-state index is 11.2. The van der Waals surface area contributed by atoms with Crippen molar-refractivity contribution in [1.82, 2.24) is 13.7 Å². The summed E-state index contributed by atoms with van der Waals surface area (Å²) in [6.45, 7) is 0. The van der Waals surface area contributed by atoms with Crippen LogP contribution in [0.25, 0.3) is 0 Å². The van der Waals surface area contributed by atoms with Gasteiger partial charge in [-0.1, -0.05) is 0 Å². The highest BCUT2D eigenvalue weighted by Gasteiger charge is 2.02. The molecule has 0 unspecified atom stereocenters. The highest BCUT2D eigenvalue weighted by Crippen LogP contribution is 1.58. The molecule has 0 aromatic carbocycles.